The van der Waals surface area contributed by atoms with Crippen LogP contribution in [0.3, 0.4) is 0 Å². The highest BCUT2D eigenvalue weighted by atomic mass is 32.2. The SMILES string of the molecule is Cc1c(C(C)(F)F)nn(CC2(C)CCC(F)(F)C2)c1C(=O)Nc1cc[n+]([O-])c(S(C)(=N)=O)c1. The van der Waals surface area contributed by atoms with Crippen molar-refractivity contribution in [1.82, 2.24) is 9.78 Å². The first-order chi connectivity index (χ1) is 14.9. The minimum absolute atomic E-state index is 0.0134. The second-order valence-electron chi connectivity index (χ2n) is 9.09. The molecule has 1 aliphatic carbocycles. The van der Waals surface area contributed by atoms with Crippen LogP contribution in [-0.2, 0) is 22.2 Å². The monoisotopic (exact) mass is 491 g/mol. The van der Waals surface area contributed by atoms with E-state index in [0.717, 1.165) is 23.2 Å². The smallest absolute Gasteiger partial charge is 0.291 e. The standard InChI is InChI=1S/C20H25F4N5O3S/c1-12-15(17(30)26-13-5-8-29(31)14(9-13)33(4,25)32)28(27-16(12)19(3,21)22)11-18(2)6-7-20(23,24)10-18/h5,8-9,25H,6-7,10-11H2,1-4H3,(H,26,30). The summed E-state index contributed by atoms with van der Waals surface area (Å²) < 4.78 is 76.8. The largest absolute Gasteiger partial charge is 0.618 e. The van der Waals surface area contributed by atoms with Gasteiger partial charge in [0.05, 0.1) is 5.69 Å². The Morgan fingerprint density at radius 3 is 2.58 bits per heavy atom. The number of amides is 1. The van der Waals surface area contributed by atoms with Crippen LogP contribution >= 0.6 is 0 Å². The number of nitrogens with one attached hydrogen (secondary N) is 2. The molecule has 2 aromatic heterocycles. The molecule has 2 heterocycles. The van der Waals surface area contributed by atoms with Crippen LogP contribution in [0.15, 0.2) is 23.4 Å². The Morgan fingerprint density at radius 1 is 1.42 bits per heavy atom. The summed E-state index contributed by atoms with van der Waals surface area (Å²) in [5, 5.41) is 17.8. The summed E-state index contributed by atoms with van der Waals surface area (Å²) in [6, 6.07) is 2.26. The van der Waals surface area contributed by atoms with Crippen molar-refractivity contribution in [1.29, 1.82) is 4.78 Å². The van der Waals surface area contributed by atoms with E-state index in [1.807, 2.05) is 0 Å². The predicted molar refractivity (Wildman–Crippen MR) is 112 cm³/mol. The fourth-order valence-electron chi connectivity index (χ4n) is 4.17. The minimum atomic E-state index is -3.41. The summed E-state index contributed by atoms with van der Waals surface area (Å²) in [6.45, 7) is 3.35. The van der Waals surface area contributed by atoms with E-state index in [2.05, 4.69) is 10.4 Å². The van der Waals surface area contributed by atoms with Crippen molar-refractivity contribution < 1.29 is 31.3 Å². The van der Waals surface area contributed by atoms with E-state index in [1.165, 1.54) is 13.0 Å². The van der Waals surface area contributed by atoms with Crippen LogP contribution in [0.4, 0.5) is 23.2 Å². The minimum Gasteiger partial charge on any atom is -0.618 e. The van der Waals surface area contributed by atoms with Gasteiger partial charge in [0.1, 0.15) is 21.1 Å². The van der Waals surface area contributed by atoms with E-state index >= 15 is 0 Å². The molecule has 2 N–H and O–H groups in total. The lowest BCUT2D eigenvalue weighted by Crippen LogP contribution is -2.33. The molecule has 1 saturated carbocycles. The number of carbonyl (C=O) groups is 1. The van der Waals surface area contributed by atoms with Gasteiger partial charge in [0.15, 0.2) is 6.20 Å². The molecule has 182 valence electrons. The van der Waals surface area contributed by atoms with Gasteiger partial charge in [-0.05, 0) is 18.8 Å². The molecular weight excluding hydrogens is 466 g/mol. The predicted octanol–water partition coefficient (Wildman–Crippen LogP) is 4.05. The normalized spacial score (nSPS) is 22.2. The maximum absolute atomic E-state index is 14.1. The van der Waals surface area contributed by atoms with E-state index < -0.39 is 50.0 Å². The molecule has 0 radical (unpaired) electrons. The molecule has 13 heteroatoms. The Hall–Kier alpha value is -2.70. The Bertz CT molecular complexity index is 1210. The third-order valence-electron chi connectivity index (χ3n) is 5.67. The Morgan fingerprint density at radius 2 is 2.06 bits per heavy atom. The number of carbonyl (C=O) groups excluding carboxylic acids is 1. The molecule has 0 saturated heterocycles. The number of hydrogen-bond donors (Lipinski definition) is 2. The maximum atomic E-state index is 14.1. The van der Waals surface area contributed by atoms with Crippen LogP contribution in [-0.4, -0.2) is 32.1 Å². The summed E-state index contributed by atoms with van der Waals surface area (Å²) >= 11 is 0. The molecule has 0 spiro atoms. The lowest BCUT2D eigenvalue weighted by molar-refractivity contribution is -0.646. The average molecular weight is 492 g/mol. The number of pyridine rings is 1. The van der Waals surface area contributed by atoms with Crippen molar-refractivity contribution in [3.05, 3.63) is 40.5 Å². The van der Waals surface area contributed by atoms with Gasteiger partial charge in [-0.25, -0.2) is 17.8 Å². The van der Waals surface area contributed by atoms with E-state index in [-0.39, 0.29) is 41.1 Å². The van der Waals surface area contributed by atoms with Crippen molar-refractivity contribution in [2.45, 2.75) is 63.4 Å². The first-order valence-corrected chi connectivity index (χ1v) is 12.0. The Kier molecular flexibility index (Phi) is 6.01. The van der Waals surface area contributed by atoms with E-state index in [0.29, 0.717) is 6.92 Å². The number of nitrogens with zero attached hydrogens (tertiary/aromatic N) is 3. The van der Waals surface area contributed by atoms with Gasteiger partial charge in [-0.2, -0.15) is 18.6 Å². The fourth-order valence-corrected chi connectivity index (χ4v) is 4.93. The Balaban J connectivity index is 2.01. The zero-order valence-electron chi connectivity index (χ0n) is 18.5. The van der Waals surface area contributed by atoms with Crippen LogP contribution in [0.5, 0.6) is 0 Å². The average Bonchev–Trinajstić information content (AvgIpc) is 3.10. The lowest BCUT2D eigenvalue weighted by atomic mass is 9.88. The topological polar surface area (TPSA) is 115 Å². The van der Waals surface area contributed by atoms with Gasteiger partial charge in [0.25, 0.3) is 16.9 Å². The van der Waals surface area contributed by atoms with Crippen LogP contribution < -0.4 is 10.0 Å². The molecule has 2 aromatic rings. The second-order valence-corrected chi connectivity index (χ2v) is 11.2. The highest BCUT2D eigenvalue weighted by molar-refractivity contribution is 7.91. The van der Waals surface area contributed by atoms with Gasteiger partial charge < -0.3 is 10.5 Å². The van der Waals surface area contributed by atoms with Gasteiger partial charge >= 0.3 is 0 Å². The number of hydrogen-bond acceptors (Lipinski definition) is 5. The number of alkyl halides is 4. The van der Waals surface area contributed by atoms with Crippen molar-refractivity contribution in [2.24, 2.45) is 5.41 Å². The third kappa shape index (κ3) is 5.28. The van der Waals surface area contributed by atoms with Gasteiger partial charge in [-0.15, -0.1) is 0 Å². The van der Waals surface area contributed by atoms with Crippen molar-refractivity contribution in [3.63, 3.8) is 0 Å². The number of anilines is 1. The van der Waals surface area contributed by atoms with Gasteiger partial charge in [-0.3, -0.25) is 9.48 Å². The van der Waals surface area contributed by atoms with E-state index in [9.17, 15) is 31.8 Å². The molecule has 1 aliphatic rings. The molecule has 33 heavy (non-hydrogen) atoms. The van der Waals surface area contributed by atoms with Crippen LogP contribution in [0.1, 0.15) is 54.9 Å². The summed E-state index contributed by atoms with van der Waals surface area (Å²) in [6.07, 6.45) is 1.33. The fraction of sp³-hybridized carbons (Fsp3) is 0.550. The molecular formula is C20H25F4N5O3S. The van der Waals surface area contributed by atoms with Gasteiger partial charge in [-0.1, -0.05) is 6.92 Å². The van der Waals surface area contributed by atoms with Crippen molar-refractivity contribution in [3.8, 4) is 0 Å². The van der Waals surface area contributed by atoms with Crippen LogP contribution in [0, 0.1) is 22.3 Å². The lowest BCUT2D eigenvalue weighted by Gasteiger charge is -2.24. The Labute approximate surface area is 188 Å². The highest BCUT2D eigenvalue weighted by Gasteiger charge is 2.47. The maximum Gasteiger partial charge on any atom is 0.291 e. The number of rotatable bonds is 6. The molecule has 0 bridgehead atoms. The molecule has 1 amide bonds. The molecule has 2 atom stereocenters. The summed E-state index contributed by atoms with van der Waals surface area (Å²) in [5.41, 5.74) is -1.92. The third-order valence-corrected chi connectivity index (χ3v) is 6.77. The highest BCUT2D eigenvalue weighted by Crippen LogP contribution is 2.48. The zero-order chi connectivity index (χ0) is 25.0. The first-order valence-electron chi connectivity index (χ1n) is 10.0. The molecule has 0 aromatic carbocycles. The van der Waals surface area contributed by atoms with E-state index in [1.54, 1.807) is 6.92 Å². The molecule has 8 nitrogen and oxygen atoms in total. The zero-order valence-corrected chi connectivity index (χ0v) is 19.4. The molecule has 2 unspecified atom stereocenters. The quantitative estimate of drug-likeness (QED) is 0.360. The molecule has 0 aliphatic heterocycles. The molecule has 1 fully saturated rings. The van der Waals surface area contributed by atoms with Crippen molar-refractivity contribution >= 4 is 21.3 Å². The summed E-state index contributed by atoms with van der Waals surface area (Å²) in [7, 11) is -3.41. The second kappa shape index (κ2) is 7.96. The number of aromatic nitrogens is 3. The summed E-state index contributed by atoms with van der Waals surface area (Å²) in [5.74, 6) is -7.11. The van der Waals surface area contributed by atoms with Gasteiger partial charge in [0, 0.05) is 50.3 Å². The van der Waals surface area contributed by atoms with Gasteiger partial charge in [0.2, 0.25) is 5.92 Å². The summed E-state index contributed by atoms with van der Waals surface area (Å²) in [4.78, 5) is 13.1. The molecule has 3 rings (SSSR count). The first kappa shape index (κ1) is 24.9. The number of halogens is 4. The van der Waals surface area contributed by atoms with Crippen molar-refractivity contribution in [2.75, 3.05) is 11.6 Å². The van der Waals surface area contributed by atoms with Crippen LogP contribution in [0.25, 0.3) is 0 Å². The van der Waals surface area contributed by atoms with Crippen LogP contribution in [0.2, 0.25) is 0 Å². The van der Waals surface area contributed by atoms with E-state index in [4.69, 9.17) is 4.78 Å².